The summed E-state index contributed by atoms with van der Waals surface area (Å²) < 4.78 is 62.0. The highest BCUT2D eigenvalue weighted by Crippen LogP contribution is 2.40. The van der Waals surface area contributed by atoms with E-state index in [0.29, 0.717) is 33.0 Å². The van der Waals surface area contributed by atoms with Gasteiger partial charge in [0.05, 0.1) is 32.9 Å². The number of hydrogen-bond donors (Lipinski definition) is 2. The summed E-state index contributed by atoms with van der Waals surface area (Å²) in [7, 11) is 0.230. The Morgan fingerprint density at radius 2 is 1.90 bits per heavy atom. The second-order valence-corrected chi connectivity index (χ2v) is 12.4. The zero-order valence-electron chi connectivity index (χ0n) is 23.8. The van der Waals surface area contributed by atoms with Crippen molar-refractivity contribution in [3.8, 4) is 11.7 Å². The van der Waals surface area contributed by atoms with Gasteiger partial charge in [0.2, 0.25) is 12.3 Å². The zero-order chi connectivity index (χ0) is 30.8. The van der Waals surface area contributed by atoms with Crippen molar-refractivity contribution in [1.29, 1.82) is 0 Å². The number of carbonyl (C=O) groups is 1. The predicted molar refractivity (Wildman–Crippen MR) is 146 cm³/mol. The number of nitrogens with two attached hydrogens (primary N) is 1. The maximum Gasteiger partial charge on any atom is 0.399 e. The second-order valence-electron chi connectivity index (χ2n) is 11.0. The highest BCUT2D eigenvalue weighted by Gasteiger charge is 2.51. The highest BCUT2D eigenvalue weighted by molar-refractivity contribution is 7.85. The van der Waals surface area contributed by atoms with Crippen LogP contribution in [0.4, 0.5) is 19.0 Å². The van der Waals surface area contributed by atoms with Crippen LogP contribution in [0.3, 0.4) is 0 Å². The minimum absolute atomic E-state index is 0.0361. The topological polar surface area (TPSA) is 141 Å². The van der Waals surface area contributed by atoms with Crippen LogP contribution in [0.5, 0.6) is 5.88 Å². The number of amides is 1. The standard InChI is InChI=1S/C25H33F3N6O3S.CH3NO/c1-16-11-23(3,4)33(12-16)22-18(38(36)19-13-32(6)30-17(19)2)7-8-20(29-22)34-10-9-21(31-34)37-15-24(5,14-35)25(26,27)28;2-1-3/h7-10,13,16,35H,11-12,14-15H2,1-6H3;1H,(H2,2,3). The molecule has 1 aliphatic heterocycles. The first-order valence-corrected chi connectivity index (χ1v) is 13.9. The number of anilines is 1. The molecule has 1 aliphatic rings. The van der Waals surface area contributed by atoms with E-state index in [1.165, 1.54) is 16.9 Å². The van der Waals surface area contributed by atoms with Crippen LogP contribution in [0.25, 0.3) is 5.82 Å². The smallest absolute Gasteiger partial charge is 0.399 e. The van der Waals surface area contributed by atoms with Crippen molar-refractivity contribution >= 4 is 23.0 Å². The number of rotatable bonds is 8. The van der Waals surface area contributed by atoms with E-state index in [0.717, 1.165) is 19.9 Å². The van der Waals surface area contributed by atoms with E-state index in [9.17, 15) is 22.5 Å². The number of carbonyl (C=O) groups excluding carboxylic acids is 1. The quantitative estimate of drug-likeness (QED) is 0.376. The van der Waals surface area contributed by atoms with Crippen LogP contribution in [-0.2, 0) is 22.6 Å². The van der Waals surface area contributed by atoms with Gasteiger partial charge in [-0.2, -0.15) is 18.3 Å². The maximum absolute atomic E-state index is 13.7. The highest BCUT2D eigenvalue weighted by atomic mass is 32.2. The van der Waals surface area contributed by atoms with Crippen LogP contribution in [-0.4, -0.2) is 71.7 Å². The minimum Gasteiger partial charge on any atom is -0.476 e. The SMILES string of the molecule is Cc1nn(C)cc1S(=O)c1ccc(-n2ccc(OCC(C)(CO)C(F)(F)F)n2)nc1N1CC(C)CC1(C)C.NC=O. The summed E-state index contributed by atoms with van der Waals surface area (Å²) in [4.78, 5) is 16.7. The lowest BCUT2D eigenvalue weighted by Gasteiger charge is -2.34. The molecule has 41 heavy (non-hydrogen) atoms. The van der Waals surface area contributed by atoms with E-state index >= 15 is 0 Å². The summed E-state index contributed by atoms with van der Waals surface area (Å²) in [6, 6.07) is 4.84. The number of pyridine rings is 1. The van der Waals surface area contributed by atoms with E-state index < -0.39 is 35.6 Å². The fraction of sp³-hybridized carbons (Fsp3) is 0.538. The molecule has 226 valence electrons. The lowest BCUT2D eigenvalue weighted by Crippen LogP contribution is -2.43. The molecule has 3 aromatic rings. The van der Waals surface area contributed by atoms with Crippen LogP contribution in [0.2, 0.25) is 0 Å². The Balaban J connectivity index is 0.00000147. The van der Waals surface area contributed by atoms with E-state index in [1.54, 1.807) is 30.1 Å². The second kappa shape index (κ2) is 12.2. The van der Waals surface area contributed by atoms with E-state index in [1.807, 2.05) is 6.92 Å². The van der Waals surface area contributed by atoms with Crippen LogP contribution in [0, 0.1) is 18.3 Å². The Labute approximate surface area is 238 Å². The Hall–Kier alpha value is -3.46. The van der Waals surface area contributed by atoms with Crippen molar-refractivity contribution in [3.05, 3.63) is 36.3 Å². The molecule has 15 heteroatoms. The number of hydrogen-bond acceptors (Lipinski definition) is 8. The summed E-state index contributed by atoms with van der Waals surface area (Å²) >= 11 is 0. The molecule has 3 atom stereocenters. The Kier molecular flexibility index (Phi) is 9.53. The third-order valence-electron chi connectivity index (χ3n) is 6.89. The third kappa shape index (κ3) is 6.89. The van der Waals surface area contributed by atoms with Crippen molar-refractivity contribution in [2.24, 2.45) is 24.1 Å². The summed E-state index contributed by atoms with van der Waals surface area (Å²) in [5, 5.41) is 17.8. The molecular weight excluding hydrogens is 563 g/mol. The molecule has 0 aromatic carbocycles. The molecule has 1 fully saturated rings. The summed E-state index contributed by atoms with van der Waals surface area (Å²) in [6.07, 6.45) is -0.192. The van der Waals surface area contributed by atoms with Gasteiger partial charge in [-0.1, -0.05) is 6.92 Å². The number of primary amides is 1. The lowest BCUT2D eigenvalue weighted by atomic mass is 9.92. The third-order valence-corrected chi connectivity index (χ3v) is 8.41. The molecule has 3 unspecified atom stereocenters. The zero-order valence-corrected chi connectivity index (χ0v) is 24.7. The van der Waals surface area contributed by atoms with Crippen molar-refractivity contribution < 1.29 is 32.0 Å². The van der Waals surface area contributed by atoms with Crippen molar-refractivity contribution in [3.63, 3.8) is 0 Å². The molecule has 11 nitrogen and oxygen atoms in total. The minimum atomic E-state index is -4.64. The summed E-state index contributed by atoms with van der Waals surface area (Å²) in [5.74, 6) is 1.32. The van der Waals surface area contributed by atoms with E-state index in [2.05, 4.69) is 41.6 Å². The van der Waals surface area contributed by atoms with Gasteiger partial charge in [0, 0.05) is 37.6 Å². The molecule has 1 amide bonds. The van der Waals surface area contributed by atoms with Gasteiger partial charge in [-0.15, -0.1) is 5.10 Å². The number of aryl methyl sites for hydroxylation is 2. The first-order valence-electron chi connectivity index (χ1n) is 12.8. The molecule has 3 N–H and O–H groups in total. The van der Waals surface area contributed by atoms with Gasteiger partial charge in [0.15, 0.2) is 5.82 Å². The molecule has 0 bridgehead atoms. The van der Waals surface area contributed by atoms with Gasteiger partial charge in [-0.3, -0.25) is 9.48 Å². The van der Waals surface area contributed by atoms with Crippen LogP contribution < -0.4 is 15.4 Å². The van der Waals surface area contributed by atoms with Crippen LogP contribution in [0.1, 0.15) is 39.8 Å². The summed E-state index contributed by atoms with van der Waals surface area (Å²) in [6.45, 7) is 7.92. The number of halogens is 3. The first-order chi connectivity index (χ1) is 19.1. The molecule has 0 aliphatic carbocycles. The number of ether oxygens (including phenoxy) is 1. The Morgan fingerprint density at radius 1 is 1.24 bits per heavy atom. The molecule has 4 heterocycles. The van der Waals surface area contributed by atoms with Gasteiger partial charge in [0.1, 0.15) is 17.8 Å². The lowest BCUT2D eigenvalue weighted by molar-refractivity contribution is -0.237. The normalized spacial score (nSPS) is 18.8. The van der Waals surface area contributed by atoms with Crippen LogP contribution in [0.15, 0.2) is 40.4 Å². The average molecular weight is 600 g/mol. The van der Waals surface area contributed by atoms with Crippen molar-refractivity contribution in [2.75, 3.05) is 24.7 Å². The van der Waals surface area contributed by atoms with E-state index in [4.69, 9.17) is 14.5 Å². The van der Waals surface area contributed by atoms with Gasteiger partial charge in [-0.05, 0) is 52.2 Å². The van der Waals surface area contributed by atoms with Gasteiger partial charge < -0.3 is 20.5 Å². The molecule has 4 rings (SSSR count). The molecular formula is C26H36F3N7O4S. The predicted octanol–water partition coefficient (Wildman–Crippen LogP) is 3.14. The molecule has 3 aromatic heterocycles. The number of aromatic nitrogens is 5. The molecule has 0 saturated carbocycles. The fourth-order valence-corrected chi connectivity index (χ4v) is 6.00. The van der Waals surface area contributed by atoms with E-state index in [-0.39, 0.29) is 17.8 Å². The maximum atomic E-state index is 13.7. The number of aliphatic hydroxyl groups is 1. The monoisotopic (exact) mass is 599 g/mol. The number of nitrogens with zero attached hydrogens (tertiary/aromatic N) is 6. The van der Waals surface area contributed by atoms with Crippen molar-refractivity contribution in [1.82, 2.24) is 24.5 Å². The number of alkyl halides is 3. The van der Waals surface area contributed by atoms with Crippen molar-refractivity contribution in [2.45, 2.75) is 62.5 Å². The molecule has 1 saturated heterocycles. The largest absolute Gasteiger partial charge is 0.476 e. The molecule has 0 radical (unpaired) electrons. The van der Waals surface area contributed by atoms with Gasteiger partial charge in [0.25, 0.3) is 0 Å². The average Bonchev–Trinajstić information content (AvgIpc) is 3.57. The Morgan fingerprint density at radius 3 is 2.41 bits per heavy atom. The van der Waals surface area contributed by atoms with Crippen LogP contribution >= 0.6 is 0 Å². The summed E-state index contributed by atoms with van der Waals surface area (Å²) in [5.41, 5.74) is 2.17. The van der Waals surface area contributed by atoms with Gasteiger partial charge >= 0.3 is 6.18 Å². The number of aliphatic hydroxyl groups excluding tert-OH is 1. The van der Waals surface area contributed by atoms with Gasteiger partial charge in [-0.25, -0.2) is 13.9 Å². The first kappa shape index (κ1) is 32.1. The molecule has 0 spiro atoms. The fourth-order valence-electron chi connectivity index (χ4n) is 4.69. The Bertz CT molecular complexity index is 1390.